The van der Waals surface area contributed by atoms with Crippen molar-refractivity contribution >= 4 is 5.57 Å². The zero-order chi connectivity index (χ0) is 15.1. The normalized spacial score (nSPS) is 17.7. The molecule has 0 N–H and O–H groups in total. The Morgan fingerprint density at radius 3 is 2.24 bits per heavy atom. The van der Waals surface area contributed by atoms with Crippen LogP contribution in [0.25, 0.3) is 5.57 Å². The minimum Gasteiger partial charge on any atom is -0.0952 e. The van der Waals surface area contributed by atoms with E-state index in [0.29, 0.717) is 5.92 Å². The average molecular weight is 276 g/mol. The number of allylic oxidation sites excluding steroid dienone is 1. The average Bonchev–Trinajstić information content (AvgIpc) is 2.43. The number of aryl methyl sites for hydroxylation is 3. The van der Waals surface area contributed by atoms with Gasteiger partial charge < -0.3 is 0 Å². The quantitative estimate of drug-likeness (QED) is 0.630. The highest BCUT2D eigenvalue weighted by molar-refractivity contribution is 5.70. The van der Waals surface area contributed by atoms with E-state index in [-0.39, 0.29) is 0 Å². The van der Waals surface area contributed by atoms with Crippen molar-refractivity contribution in [2.75, 3.05) is 0 Å². The monoisotopic (exact) mass is 276 g/mol. The van der Waals surface area contributed by atoms with E-state index in [0.717, 1.165) is 12.8 Å². The topological polar surface area (TPSA) is 0 Å². The second-order valence-electron chi connectivity index (χ2n) is 6.65. The molecule has 0 aliphatic heterocycles. The first kappa shape index (κ1) is 14.1. The molecule has 2 aromatic rings. The van der Waals surface area contributed by atoms with E-state index in [1.807, 2.05) is 0 Å². The number of hydrogen-bond acceptors (Lipinski definition) is 0. The zero-order valence-corrected chi connectivity index (χ0v) is 13.6. The fourth-order valence-electron chi connectivity index (χ4n) is 3.52. The molecule has 2 aromatic carbocycles. The van der Waals surface area contributed by atoms with Crippen LogP contribution in [-0.4, -0.2) is 0 Å². The molecule has 0 heterocycles. The maximum atomic E-state index is 4.32. The van der Waals surface area contributed by atoms with Crippen LogP contribution in [0.3, 0.4) is 0 Å². The second kappa shape index (κ2) is 5.18. The van der Waals surface area contributed by atoms with Crippen molar-refractivity contribution in [2.24, 2.45) is 0 Å². The Labute approximate surface area is 128 Å². The van der Waals surface area contributed by atoms with E-state index in [1.54, 1.807) is 0 Å². The molecule has 1 aliphatic carbocycles. The Morgan fingerprint density at radius 1 is 0.905 bits per heavy atom. The molecule has 0 nitrogen and oxygen atoms in total. The summed E-state index contributed by atoms with van der Waals surface area (Å²) in [6.45, 7) is 13.2. The van der Waals surface area contributed by atoms with E-state index in [1.165, 1.54) is 44.5 Å². The Hall–Kier alpha value is -1.82. The van der Waals surface area contributed by atoms with Crippen LogP contribution in [0.2, 0.25) is 0 Å². The first-order valence-electron chi connectivity index (χ1n) is 7.81. The molecule has 0 saturated heterocycles. The van der Waals surface area contributed by atoms with Gasteiger partial charge in [-0.25, -0.2) is 0 Å². The number of fused-ring (bicyclic) bond motifs is 1. The molecule has 1 unspecified atom stereocenters. The van der Waals surface area contributed by atoms with Gasteiger partial charge in [0, 0.05) is 0 Å². The fourth-order valence-corrected chi connectivity index (χ4v) is 3.52. The smallest absolute Gasteiger partial charge is 0.00806 e. The molecule has 108 valence electrons. The van der Waals surface area contributed by atoms with Gasteiger partial charge in [-0.15, -0.1) is 0 Å². The molecule has 0 fully saturated rings. The summed E-state index contributed by atoms with van der Waals surface area (Å²) in [4.78, 5) is 0. The Balaban J connectivity index is 2.01. The van der Waals surface area contributed by atoms with E-state index < -0.39 is 0 Å². The first-order valence-corrected chi connectivity index (χ1v) is 7.81. The van der Waals surface area contributed by atoms with Crippen LogP contribution in [0.1, 0.15) is 51.3 Å². The van der Waals surface area contributed by atoms with Crippen LogP contribution in [0.15, 0.2) is 36.9 Å². The van der Waals surface area contributed by atoms with Gasteiger partial charge in [0.1, 0.15) is 0 Å². The van der Waals surface area contributed by atoms with Gasteiger partial charge in [0.05, 0.1) is 0 Å². The molecule has 0 spiro atoms. The molecule has 0 heteroatoms. The number of benzene rings is 2. The van der Waals surface area contributed by atoms with Gasteiger partial charge in [-0.05, 0) is 85.4 Å². The lowest BCUT2D eigenvalue weighted by Gasteiger charge is -2.28. The SMILES string of the molecule is C=C1CC(c2cc(C)c(C)c(C)c2)Cc2cc(C)ccc21. The third kappa shape index (κ3) is 2.55. The number of hydrogen-bond donors (Lipinski definition) is 0. The molecule has 0 radical (unpaired) electrons. The highest BCUT2D eigenvalue weighted by Gasteiger charge is 2.23. The van der Waals surface area contributed by atoms with Crippen LogP contribution in [-0.2, 0) is 6.42 Å². The van der Waals surface area contributed by atoms with Gasteiger partial charge >= 0.3 is 0 Å². The Kier molecular flexibility index (Phi) is 3.49. The molecule has 1 aliphatic rings. The lowest BCUT2D eigenvalue weighted by Crippen LogP contribution is -2.12. The van der Waals surface area contributed by atoms with Gasteiger partial charge in [0.15, 0.2) is 0 Å². The highest BCUT2D eigenvalue weighted by atomic mass is 14.3. The van der Waals surface area contributed by atoms with Crippen molar-refractivity contribution in [3.8, 4) is 0 Å². The third-order valence-electron chi connectivity index (χ3n) is 5.02. The summed E-state index contributed by atoms with van der Waals surface area (Å²) in [5.41, 5.74) is 11.2. The molecule has 3 rings (SSSR count). The van der Waals surface area contributed by atoms with Crippen LogP contribution in [0.4, 0.5) is 0 Å². The molecule has 1 atom stereocenters. The minimum atomic E-state index is 0.574. The minimum absolute atomic E-state index is 0.574. The summed E-state index contributed by atoms with van der Waals surface area (Å²) >= 11 is 0. The molecular weight excluding hydrogens is 252 g/mol. The van der Waals surface area contributed by atoms with Gasteiger partial charge in [0.25, 0.3) is 0 Å². The van der Waals surface area contributed by atoms with Crippen molar-refractivity contribution in [3.63, 3.8) is 0 Å². The largest absolute Gasteiger partial charge is 0.0952 e. The van der Waals surface area contributed by atoms with Gasteiger partial charge in [0.2, 0.25) is 0 Å². The van der Waals surface area contributed by atoms with Crippen LogP contribution >= 0.6 is 0 Å². The summed E-state index contributed by atoms with van der Waals surface area (Å²) in [6.07, 6.45) is 2.22. The Bertz CT molecular complexity index is 696. The lowest BCUT2D eigenvalue weighted by atomic mass is 9.76. The number of rotatable bonds is 1. The van der Waals surface area contributed by atoms with Crippen molar-refractivity contribution < 1.29 is 0 Å². The van der Waals surface area contributed by atoms with Crippen LogP contribution in [0.5, 0.6) is 0 Å². The molecule has 0 aromatic heterocycles. The standard InChI is InChI=1S/C21H24/c1-13-6-7-21-16(4)11-19(12-20(21)8-13)18-9-14(2)17(5)15(3)10-18/h6-10,19H,4,11-12H2,1-3,5H3. The molecule has 0 saturated carbocycles. The van der Waals surface area contributed by atoms with E-state index in [9.17, 15) is 0 Å². The van der Waals surface area contributed by atoms with Crippen molar-refractivity contribution in [2.45, 2.75) is 46.5 Å². The molecule has 0 bridgehead atoms. The van der Waals surface area contributed by atoms with E-state index >= 15 is 0 Å². The van der Waals surface area contributed by atoms with Gasteiger partial charge in [-0.3, -0.25) is 0 Å². The summed E-state index contributed by atoms with van der Waals surface area (Å²) in [7, 11) is 0. The summed E-state index contributed by atoms with van der Waals surface area (Å²) in [5, 5.41) is 0. The summed E-state index contributed by atoms with van der Waals surface area (Å²) in [6, 6.07) is 11.5. The lowest BCUT2D eigenvalue weighted by molar-refractivity contribution is 0.682. The highest BCUT2D eigenvalue weighted by Crippen LogP contribution is 2.39. The summed E-state index contributed by atoms with van der Waals surface area (Å²) in [5.74, 6) is 0.574. The maximum absolute atomic E-state index is 4.32. The predicted octanol–water partition coefficient (Wildman–Crippen LogP) is 5.66. The first-order chi connectivity index (χ1) is 9.95. The van der Waals surface area contributed by atoms with Crippen molar-refractivity contribution in [1.82, 2.24) is 0 Å². The molecular formula is C21H24. The molecule has 21 heavy (non-hydrogen) atoms. The summed E-state index contributed by atoms with van der Waals surface area (Å²) < 4.78 is 0. The fraction of sp³-hybridized carbons (Fsp3) is 0.333. The van der Waals surface area contributed by atoms with E-state index in [4.69, 9.17) is 0 Å². The molecule has 0 amide bonds. The third-order valence-corrected chi connectivity index (χ3v) is 5.02. The zero-order valence-electron chi connectivity index (χ0n) is 13.6. The Morgan fingerprint density at radius 2 is 1.57 bits per heavy atom. The van der Waals surface area contributed by atoms with Crippen LogP contribution < -0.4 is 0 Å². The predicted molar refractivity (Wildman–Crippen MR) is 91.9 cm³/mol. The second-order valence-corrected chi connectivity index (χ2v) is 6.65. The van der Waals surface area contributed by atoms with Crippen LogP contribution in [0, 0.1) is 27.7 Å². The van der Waals surface area contributed by atoms with Gasteiger partial charge in [-0.2, -0.15) is 0 Å². The van der Waals surface area contributed by atoms with E-state index in [2.05, 4.69) is 64.6 Å². The van der Waals surface area contributed by atoms with Crippen molar-refractivity contribution in [3.05, 3.63) is 75.9 Å². The van der Waals surface area contributed by atoms with Crippen molar-refractivity contribution in [1.29, 1.82) is 0 Å². The van der Waals surface area contributed by atoms with Gasteiger partial charge in [-0.1, -0.05) is 42.5 Å². The maximum Gasteiger partial charge on any atom is -0.00806 e.